The minimum absolute atomic E-state index is 0.126. The summed E-state index contributed by atoms with van der Waals surface area (Å²) in [6.45, 7) is 3.96. The fourth-order valence-electron chi connectivity index (χ4n) is 3.32. The molecule has 4 rings (SSSR count). The predicted octanol–water partition coefficient (Wildman–Crippen LogP) is 1.91. The van der Waals surface area contributed by atoms with Crippen LogP contribution in [0.15, 0.2) is 49.1 Å². The lowest BCUT2D eigenvalue weighted by atomic mass is 10.1. The molecule has 1 atom stereocenters. The van der Waals surface area contributed by atoms with Gasteiger partial charge in [0.15, 0.2) is 0 Å². The molecule has 122 valence electrons. The molecule has 24 heavy (non-hydrogen) atoms. The first-order chi connectivity index (χ1) is 11.8. The Balaban J connectivity index is 1.50. The van der Waals surface area contributed by atoms with Crippen LogP contribution in [-0.4, -0.2) is 44.9 Å². The zero-order chi connectivity index (χ0) is 16.4. The number of ether oxygens (including phenoxy) is 1. The fraction of sp³-hybridized carbons (Fsp3) is 0.333. The highest BCUT2D eigenvalue weighted by Crippen LogP contribution is 2.20. The van der Waals surface area contributed by atoms with Crippen LogP contribution in [0.3, 0.4) is 0 Å². The van der Waals surface area contributed by atoms with Gasteiger partial charge in [-0.2, -0.15) is 10.4 Å². The largest absolute Gasteiger partial charge is 0.374 e. The Labute approximate surface area is 140 Å². The lowest BCUT2D eigenvalue weighted by molar-refractivity contribution is -0.0402. The molecule has 0 amide bonds. The second kappa shape index (κ2) is 6.48. The van der Waals surface area contributed by atoms with Crippen LogP contribution in [0.1, 0.15) is 11.1 Å². The Kier molecular flexibility index (Phi) is 4.03. The molecule has 1 aliphatic rings. The molecular formula is C18H19N5O. The van der Waals surface area contributed by atoms with Crippen molar-refractivity contribution in [2.24, 2.45) is 0 Å². The summed E-state index contributed by atoms with van der Waals surface area (Å²) in [4.78, 5) is 2.35. The Morgan fingerprint density at radius 1 is 1.29 bits per heavy atom. The molecule has 0 N–H and O–H groups in total. The van der Waals surface area contributed by atoms with E-state index in [0.717, 1.165) is 42.8 Å². The first-order valence-electron chi connectivity index (χ1n) is 8.13. The van der Waals surface area contributed by atoms with Crippen molar-refractivity contribution >= 4 is 5.52 Å². The SMILES string of the molecule is N#Cc1c(CN2CCO[C@@H](Cn3cccn3)C2)cn2ccccc12. The van der Waals surface area contributed by atoms with E-state index in [4.69, 9.17) is 4.74 Å². The van der Waals surface area contributed by atoms with Crippen molar-refractivity contribution in [3.63, 3.8) is 0 Å². The number of morpholine rings is 1. The molecule has 0 bridgehead atoms. The number of pyridine rings is 1. The monoisotopic (exact) mass is 321 g/mol. The number of hydrogen-bond donors (Lipinski definition) is 0. The van der Waals surface area contributed by atoms with Gasteiger partial charge in [0.2, 0.25) is 0 Å². The van der Waals surface area contributed by atoms with Crippen LogP contribution < -0.4 is 0 Å². The summed E-state index contributed by atoms with van der Waals surface area (Å²) in [5.41, 5.74) is 2.81. The summed E-state index contributed by atoms with van der Waals surface area (Å²) in [6, 6.07) is 10.2. The third-order valence-electron chi connectivity index (χ3n) is 4.44. The van der Waals surface area contributed by atoms with Gasteiger partial charge in [0.1, 0.15) is 6.07 Å². The smallest absolute Gasteiger partial charge is 0.102 e. The van der Waals surface area contributed by atoms with E-state index in [2.05, 4.69) is 22.3 Å². The van der Waals surface area contributed by atoms with Crippen LogP contribution in [0.4, 0.5) is 0 Å². The van der Waals surface area contributed by atoms with E-state index in [1.54, 1.807) is 6.20 Å². The van der Waals surface area contributed by atoms with Crippen LogP contribution in [0.2, 0.25) is 0 Å². The highest BCUT2D eigenvalue weighted by molar-refractivity contribution is 5.65. The number of nitriles is 1. The van der Waals surface area contributed by atoms with Crippen molar-refractivity contribution in [2.75, 3.05) is 19.7 Å². The van der Waals surface area contributed by atoms with Gasteiger partial charge in [0, 0.05) is 50.0 Å². The van der Waals surface area contributed by atoms with Gasteiger partial charge in [0.25, 0.3) is 0 Å². The van der Waals surface area contributed by atoms with Crippen molar-refractivity contribution in [1.82, 2.24) is 19.1 Å². The molecule has 0 unspecified atom stereocenters. The first-order valence-corrected chi connectivity index (χ1v) is 8.13. The molecule has 0 saturated carbocycles. The van der Waals surface area contributed by atoms with Crippen LogP contribution in [-0.2, 0) is 17.8 Å². The predicted molar refractivity (Wildman–Crippen MR) is 89.4 cm³/mol. The maximum absolute atomic E-state index is 9.54. The zero-order valence-corrected chi connectivity index (χ0v) is 13.4. The fourth-order valence-corrected chi connectivity index (χ4v) is 3.32. The summed E-state index contributed by atoms with van der Waals surface area (Å²) < 4.78 is 9.79. The van der Waals surface area contributed by atoms with E-state index < -0.39 is 0 Å². The van der Waals surface area contributed by atoms with Crippen LogP contribution >= 0.6 is 0 Å². The average molecular weight is 321 g/mol. The minimum Gasteiger partial charge on any atom is -0.374 e. The lowest BCUT2D eigenvalue weighted by Gasteiger charge is -2.32. The van der Waals surface area contributed by atoms with Gasteiger partial charge < -0.3 is 9.14 Å². The van der Waals surface area contributed by atoms with Gasteiger partial charge in [-0.3, -0.25) is 9.58 Å². The Morgan fingerprint density at radius 2 is 2.25 bits per heavy atom. The summed E-state index contributed by atoms with van der Waals surface area (Å²) in [6.07, 6.45) is 7.91. The quantitative estimate of drug-likeness (QED) is 0.736. The van der Waals surface area contributed by atoms with Crippen molar-refractivity contribution in [2.45, 2.75) is 19.2 Å². The zero-order valence-electron chi connectivity index (χ0n) is 13.4. The normalized spacial score (nSPS) is 18.7. The van der Waals surface area contributed by atoms with Crippen molar-refractivity contribution in [1.29, 1.82) is 5.26 Å². The summed E-state index contributed by atoms with van der Waals surface area (Å²) in [5.74, 6) is 0. The van der Waals surface area contributed by atoms with Crippen LogP contribution in [0.5, 0.6) is 0 Å². The number of fused-ring (bicyclic) bond motifs is 1. The van der Waals surface area contributed by atoms with E-state index in [1.807, 2.05) is 45.7 Å². The topological polar surface area (TPSA) is 58.5 Å². The minimum atomic E-state index is 0.126. The highest BCUT2D eigenvalue weighted by atomic mass is 16.5. The van der Waals surface area contributed by atoms with Gasteiger partial charge in [-0.05, 0) is 18.2 Å². The molecule has 0 aliphatic carbocycles. The number of rotatable bonds is 4. The third-order valence-corrected chi connectivity index (χ3v) is 4.44. The van der Waals surface area contributed by atoms with Crippen LogP contribution in [0.25, 0.3) is 5.52 Å². The van der Waals surface area contributed by atoms with Crippen molar-refractivity contribution < 1.29 is 4.74 Å². The van der Waals surface area contributed by atoms with Crippen molar-refractivity contribution in [3.8, 4) is 6.07 Å². The molecular weight excluding hydrogens is 302 g/mol. The second-order valence-corrected chi connectivity index (χ2v) is 6.09. The maximum atomic E-state index is 9.54. The molecule has 0 spiro atoms. The van der Waals surface area contributed by atoms with Gasteiger partial charge in [0.05, 0.1) is 30.3 Å². The Bertz CT molecular complexity index is 861. The molecule has 4 heterocycles. The number of nitrogens with zero attached hydrogens (tertiary/aromatic N) is 5. The number of hydrogen-bond acceptors (Lipinski definition) is 4. The van der Waals surface area contributed by atoms with E-state index in [9.17, 15) is 5.26 Å². The lowest BCUT2D eigenvalue weighted by Crippen LogP contribution is -2.43. The van der Waals surface area contributed by atoms with E-state index in [0.29, 0.717) is 6.61 Å². The van der Waals surface area contributed by atoms with E-state index >= 15 is 0 Å². The van der Waals surface area contributed by atoms with Crippen LogP contribution in [0, 0.1) is 11.3 Å². The van der Waals surface area contributed by atoms with Crippen molar-refractivity contribution in [3.05, 3.63) is 60.2 Å². The standard InChI is InChI=1S/C18H19N5O/c19-10-17-15(12-22-6-2-1-4-18(17)22)11-21-8-9-24-16(13-21)14-23-7-3-5-20-23/h1-7,12,16H,8-9,11,13-14H2/t16-/m1/s1. The molecule has 3 aromatic rings. The average Bonchev–Trinajstić information content (AvgIpc) is 3.22. The van der Waals surface area contributed by atoms with Gasteiger partial charge >= 0.3 is 0 Å². The molecule has 0 aromatic carbocycles. The molecule has 0 radical (unpaired) electrons. The molecule has 1 fully saturated rings. The van der Waals surface area contributed by atoms with Gasteiger partial charge in [-0.15, -0.1) is 0 Å². The molecule has 3 aromatic heterocycles. The summed E-state index contributed by atoms with van der Waals surface area (Å²) in [7, 11) is 0. The molecule has 1 saturated heterocycles. The summed E-state index contributed by atoms with van der Waals surface area (Å²) in [5, 5.41) is 13.8. The van der Waals surface area contributed by atoms with E-state index in [-0.39, 0.29) is 6.10 Å². The van der Waals surface area contributed by atoms with Gasteiger partial charge in [-0.25, -0.2) is 0 Å². The molecule has 6 heteroatoms. The first kappa shape index (κ1) is 14.9. The number of aromatic nitrogens is 3. The Hall–Kier alpha value is -2.62. The van der Waals surface area contributed by atoms with Gasteiger partial charge in [-0.1, -0.05) is 6.07 Å². The Morgan fingerprint density at radius 3 is 3.08 bits per heavy atom. The summed E-state index contributed by atoms with van der Waals surface area (Å²) >= 11 is 0. The maximum Gasteiger partial charge on any atom is 0.102 e. The highest BCUT2D eigenvalue weighted by Gasteiger charge is 2.22. The third kappa shape index (κ3) is 2.92. The molecule has 1 aliphatic heterocycles. The molecule has 6 nitrogen and oxygen atoms in total. The van der Waals surface area contributed by atoms with E-state index in [1.165, 1.54) is 0 Å². The second-order valence-electron chi connectivity index (χ2n) is 6.09.